The lowest BCUT2D eigenvalue weighted by Crippen LogP contribution is -2.10. The summed E-state index contributed by atoms with van der Waals surface area (Å²) in [6.45, 7) is 1.91. The molecule has 1 heterocycles. The maximum Gasteiger partial charge on any atom is 0.416 e. The highest BCUT2D eigenvalue weighted by molar-refractivity contribution is 9.08. The summed E-state index contributed by atoms with van der Waals surface area (Å²) >= 11 is 3.08. The lowest BCUT2D eigenvalue weighted by molar-refractivity contribution is -0.138. The molecule has 2 nitrogen and oxygen atoms in total. The maximum atomic E-state index is 13.0. The fourth-order valence-corrected chi connectivity index (χ4v) is 2.41. The molecule has 0 fully saturated rings. The first-order valence-corrected chi connectivity index (χ1v) is 6.88. The molecule has 0 aliphatic carbocycles. The van der Waals surface area contributed by atoms with Crippen LogP contribution in [0, 0.1) is 0 Å². The normalized spacial score (nSPS) is 11.8. The molecule has 0 atom stereocenters. The van der Waals surface area contributed by atoms with Crippen LogP contribution in [0.2, 0.25) is 0 Å². The van der Waals surface area contributed by atoms with E-state index in [0.29, 0.717) is 12.1 Å². The molecule has 0 saturated heterocycles. The van der Waals surface area contributed by atoms with Crippen LogP contribution in [0.1, 0.15) is 23.9 Å². The van der Waals surface area contributed by atoms with Crippen LogP contribution in [-0.2, 0) is 17.9 Å². The van der Waals surface area contributed by atoms with E-state index in [0.717, 1.165) is 11.9 Å². The van der Waals surface area contributed by atoms with Crippen LogP contribution in [0.4, 0.5) is 13.2 Å². The van der Waals surface area contributed by atoms with E-state index in [9.17, 15) is 13.2 Å². The molecule has 19 heavy (non-hydrogen) atoms. The second-order valence-electron chi connectivity index (χ2n) is 4.04. The summed E-state index contributed by atoms with van der Waals surface area (Å²) in [5.74, 6) is 0.736. The topological polar surface area (TPSA) is 17.8 Å². The number of imidazole rings is 1. The van der Waals surface area contributed by atoms with Crippen LogP contribution in [0.25, 0.3) is 5.69 Å². The van der Waals surface area contributed by atoms with Crippen molar-refractivity contribution in [3.63, 3.8) is 0 Å². The van der Waals surface area contributed by atoms with Crippen LogP contribution < -0.4 is 0 Å². The van der Waals surface area contributed by atoms with Gasteiger partial charge >= 0.3 is 6.18 Å². The van der Waals surface area contributed by atoms with E-state index >= 15 is 0 Å². The van der Waals surface area contributed by atoms with Crippen molar-refractivity contribution in [2.45, 2.75) is 24.9 Å². The number of benzene rings is 1. The highest BCUT2D eigenvalue weighted by atomic mass is 79.9. The smallest absolute Gasteiger partial charge is 0.304 e. The van der Waals surface area contributed by atoms with Gasteiger partial charge in [0.15, 0.2) is 0 Å². The van der Waals surface area contributed by atoms with Crippen molar-refractivity contribution in [1.29, 1.82) is 0 Å². The largest absolute Gasteiger partial charge is 0.416 e. The quantitative estimate of drug-likeness (QED) is 0.764. The molecule has 0 unspecified atom stereocenters. The van der Waals surface area contributed by atoms with Crippen molar-refractivity contribution in [1.82, 2.24) is 9.55 Å². The van der Waals surface area contributed by atoms with Crippen molar-refractivity contribution in [3.8, 4) is 5.69 Å². The predicted molar refractivity (Wildman–Crippen MR) is 70.6 cm³/mol. The summed E-state index contributed by atoms with van der Waals surface area (Å²) in [7, 11) is 0. The first-order valence-electron chi connectivity index (χ1n) is 5.76. The number of hydrogen-bond donors (Lipinski definition) is 0. The Balaban J connectivity index is 2.55. The summed E-state index contributed by atoms with van der Waals surface area (Å²) in [6, 6.07) is 4.33. The molecule has 0 bridgehead atoms. The first kappa shape index (κ1) is 14.1. The lowest BCUT2D eigenvalue weighted by Gasteiger charge is -2.14. The maximum absolute atomic E-state index is 13.0. The molecule has 0 N–H and O–H groups in total. The van der Waals surface area contributed by atoms with E-state index in [-0.39, 0.29) is 10.9 Å². The van der Waals surface area contributed by atoms with E-state index < -0.39 is 11.7 Å². The number of nitrogens with zero attached hydrogens (tertiary/aromatic N) is 2. The Morgan fingerprint density at radius 1 is 1.32 bits per heavy atom. The molecule has 0 aliphatic heterocycles. The zero-order valence-corrected chi connectivity index (χ0v) is 11.8. The van der Waals surface area contributed by atoms with Gasteiger partial charge in [0.05, 0.1) is 5.56 Å². The standard InChI is InChI=1S/C13H12BrF3N2/c1-2-12-18-5-6-19(12)10-4-3-9(8-14)11(7-10)13(15,16)17/h3-7H,2,8H2,1H3. The summed E-state index contributed by atoms with van der Waals surface area (Å²) < 4.78 is 40.7. The van der Waals surface area contributed by atoms with Gasteiger partial charge in [0.25, 0.3) is 0 Å². The number of aromatic nitrogens is 2. The molecule has 6 heteroatoms. The fraction of sp³-hybridized carbons (Fsp3) is 0.308. The average Bonchev–Trinajstić information content (AvgIpc) is 2.85. The van der Waals surface area contributed by atoms with E-state index in [2.05, 4.69) is 20.9 Å². The molecule has 0 amide bonds. The number of hydrogen-bond acceptors (Lipinski definition) is 1. The van der Waals surface area contributed by atoms with Gasteiger partial charge in [-0.05, 0) is 17.7 Å². The highest BCUT2D eigenvalue weighted by Gasteiger charge is 2.33. The van der Waals surface area contributed by atoms with Crippen molar-refractivity contribution < 1.29 is 13.2 Å². The van der Waals surface area contributed by atoms with E-state index in [1.807, 2.05) is 6.92 Å². The summed E-state index contributed by atoms with van der Waals surface area (Å²) in [4.78, 5) is 4.12. The molecule has 0 radical (unpaired) electrons. The van der Waals surface area contributed by atoms with Gasteiger partial charge in [-0.25, -0.2) is 4.98 Å². The van der Waals surface area contributed by atoms with Crippen LogP contribution >= 0.6 is 15.9 Å². The second-order valence-corrected chi connectivity index (χ2v) is 4.60. The Bertz CT molecular complexity index is 576. The molecule has 0 saturated carbocycles. The number of alkyl halides is 4. The predicted octanol–water partition coefficient (Wildman–Crippen LogP) is 4.35. The summed E-state index contributed by atoms with van der Waals surface area (Å²) in [5, 5.41) is 0.173. The molecule has 102 valence electrons. The molecule has 2 rings (SSSR count). The minimum Gasteiger partial charge on any atom is -0.304 e. The Hall–Kier alpha value is -1.30. The number of rotatable bonds is 3. The number of aryl methyl sites for hydroxylation is 1. The van der Waals surface area contributed by atoms with Crippen LogP contribution in [0.3, 0.4) is 0 Å². The van der Waals surface area contributed by atoms with Crippen LogP contribution in [0.15, 0.2) is 30.6 Å². The Morgan fingerprint density at radius 2 is 2.05 bits per heavy atom. The van der Waals surface area contributed by atoms with Crippen molar-refractivity contribution in [2.75, 3.05) is 0 Å². The van der Waals surface area contributed by atoms with Gasteiger partial charge in [0, 0.05) is 29.8 Å². The molecule has 1 aromatic carbocycles. The van der Waals surface area contributed by atoms with E-state index in [1.165, 1.54) is 6.07 Å². The Kier molecular flexibility index (Phi) is 3.99. The van der Waals surface area contributed by atoms with Gasteiger partial charge in [-0.15, -0.1) is 0 Å². The Labute approximate surface area is 117 Å². The lowest BCUT2D eigenvalue weighted by atomic mass is 10.1. The van der Waals surface area contributed by atoms with E-state index in [4.69, 9.17) is 0 Å². The van der Waals surface area contributed by atoms with Crippen molar-refractivity contribution >= 4 is 15.9 Å². The van der Waals surface area contributed by atoms with Gasteiger partial charge < -0.3 is 4.57 Å². The number of halogens is 4. The van der Waals surface area contributed by atoms with Gasteiger partial charge in [0.2, 0.25) is 0 Å². The monoisotopic (exact) mass is 332 g/mol. The minimum atomic E-state index is -4.36. The zero-order chi connectivity index (χ0) is 14.0. The first-order chi connectivity index (χ1) is 8.97. The highest BCUT2D eigenvalue weighted by Crippen LogP contribution is 2.34. The Morgan fingerprint density at radius 3 is 2.63 bits per heavy atom. The average molecular weight is 333 g/mol. The molecule has 0 spiro atoms. The van der Waals surface area contributed by atoms with Crippen LogP contribution in [0.5, 0.6) is 0 Å². The molecular weight excluding hydrogens is 321 g/mol. The third-order valence-electron chi connectivity index (χ3n) is 2.85. The SMILES string of the molecule is CCc1nccn1-c1ccc(CBr)c(C(F)(F)F)c1. The van der Waals surface area contributed by atoms with Gasteiger partial charge in [0.1, 0.15) is 5.82 Å². The molecule has 0 aliphatic rings. The second kappa shape index (κ2) is 5.36. The molecule has 1 aromatic heterocycles. The third-order valence-corrected chi connectivity index (χ3v) is 3.46. The summed E-state index contributed by atoms with van der Waals surface area (Å²) in [5.41, 5.74) is 0.0958. The van der Waals surface area contributed by atoms with Crippen LogP contribution in [-0.4, -0.2) is 9.55 Å². The minimum absolute atomic E-state index is 0.173. The molecule has 2 aromatic rings. The third kappa shape index (κ3) is 2.83. The van der Waals surface area contributed by atoms with Crippen molar-refractivity contribution in [2.24, 2.45) is 0 Å². The van der Waals surface area contributed by atoms with E-state index in [1.54, 1.807) is 23.0 Å². The summed E-state index contributed by atoms with van der Waals surface area (Å²) in [6.07, 6.45) is -0.437. The zero-order valence-electron chi connectivity index (χ0n) is 10.2. The van der Waals surface area contributed by atoms with Crippen molar-refractivity contribution in [3.05, 3.63) is 47.5 Å². The van der Waals surface area contributed by atoms with Gasteiger partial charge in [-0.3, -0.25) is 0 Å². The molecular formula is C13H12BrF3N2. The fourth-order valence-electron chi connectivity index (χ4n) is 1.93. The van der Waals surface area contributed by atoms with Gasteiger partial charge in [-0.2, -0.15) is 13.2 Å². The van der Waals surface area contributed by atoms with Gasteiger partial charge in [-0.1, -0.05) is 28.9 Å².